The quantitative estimate of drug-likeness (QED) is 0.510. The van der Waals surface area contributed by atoms with Crippen LogP contribution >= 0.6 is 0 Å². The summed E-state index contributed by atoms with van der Waals surface area (Å²) in [4.78, 5) is 20.2. The van der Waals surface area contributed by atoms with Gasteiger partial charge in [0.05, 0.1) is 17.4 Å². The standard InChI is InChI=1S/C21H22F2N6O/c22-14-5-3-4-11-8-12(10-26-18(11)14)27-20-13(19(25)30)9-15(23)21(29-20)28-17-7-2-1-6-16(17)24/h3-5,8-10,16-17H,1-2,6-7,24H2,(H2,25,30)(H2,27,28,29)/t16-,17+/m0/s1. The maximum absolute atomic E-state index is 14.6. The van der Waals surface area contributed by atoms with Gasteiger partial charge in [0.15, 0.2) is 11.6 Å². The van der Waals surface area contributed by atoms with Crippen LogP contribution in [0.5, 0.6) is 0 Å². The summed E-state index contributed by atoms with van der Waals surface area (Å²) in [5.41, 5.74) is 12.1. The van der Waals surface area contributed by atoms with Crippen LogP contribution < -0.4 is 22.1 Å². The van der Waals surface area contributed by atoms with Gasteiger partial charge in [-0.15, -0.1) is 0 Å². The van der Waals surface area contributed by atoms with Gasteiger partial charge in [-0.1, -0.05) is 25.0 Å². The number of para-hydroxylation sites is 1. The van der Waals surface area contributed by atoms with E-state index in [1.54, 1.807) is 18.2 Å². The van der Waals surface area contributed by atoms with Crippen LogP contribution in [0, 0.1) is 11.6 Å². The number of benzene rings is 1. The molecule has 3 aromatic rings. The summed E-state index contributed by atoms with van der Waals surface area (Å²) in [6.45, 7) is 0. The maximum Gasteiger partial charge on any atom is 0.252 e. The summed E-state index contributed by atoms with van der Waals surface area (Å²) in [5, 5.41) is 6.57. The number of hydrogen-bond acceptors (Lipinski definition) is 6. The molecule has 7 nitrogen and oxygen atoms in total. The second kappa shape index (κ2) is 8.19. The van der Waals surface area contributed by atoms with Crippen molar-refractivity contribution in [2.24, 2.45) is 11.5 Å². The number of nitrogens with two attached hydrogens (primary N) is 2. The topological polar surface area (TPSA) is 119 Å². The number of carbonyl (C=O) groups is 1. The molecule has 0 unspecified atom stereocenters. The van der Waals surface area contributed by atoms with Crippen LogP contribution in [0.3, 0.4) is 0 Å². The van der Waals surface area contributed by atoms with E-state index in [2.05, 4.69) is 20.6 Å². The summed E-state index contributed by atoms with van der Waals surface area (Å²) >= 11 is 0. The molecule has 4 rings (SSSR count). The third kappa shape index (κ3) is 4.02. The molecule has 2 atom stereocenters. The van der Waals surface area contributed by atoms with Crippen molar-refractivity contribution in [2.75, 3.05) is 10.6 Å². The molecule has 0 radical (unpaired) electrons. The highest BCUT2D eigenvalue weighted by molar-refractivity contribution is 5.99. The summed E-state index contributed by atoms with van der Waals surface area (Å²) < 4.78 is 28.5. The highest BCUT2D eigenvalue weighted by atomic mass is 19.1. The van der Waals surface area contributed by atoms with E-state index in [0.29, 0.717) is 11.1 Å². The van der Waals surface area contributed by atoms with E-state index in [1.165, 1.54) is 12.3 Å². The Labute approximate surface area is 171 Å². The number of hydrogen-bond donors (Lipinski definition) is 4. The van der Waals surface area contributed by atoms with Crippen molar-refractivity contribution in [3.05, 3.63) is 53.7 Å². The van der Waals surface area contributed by atoms with E-state index in [-0.39, 0.29) is 34.8 Å². The Morgan fingerprint density at radius 3 is 2.67 bits per heavy atom. The predicted octanol–water partition coefficient (Wildman–Crippen LogP) is 3.43. The summed E-state index contributed by atoms with van der Waals surface area (Å²) in [6.07, 6.45) is 5.10. The van der Waals surface area contributed by atoms with Crippen LogP contribution in [-0.2, 0) is 0 Å². The highest BCUT2D eigenvalue weighted by Crippen LogP contribution is 2.27. The molecule has 0 bridgehead atoms. The van der Waals surface area contributed by atoms with Gasteiger partial charge in [0.1, 0.15) is 17.2 Å². The first-order valence-electron chi connectivity index (χ1n) is 9.76. The number of primary amides is 1. The monoisotopic (exact) mass is 412 g/mol. The van der Waals surface area contributed by atoms with Gasteiger partial charge in [0, 0.05) is 17.5 Å². The van der Waals surface area contributed by atoms with Crippen LogP contribution in [0.25, 0.3) is 10.9 Å². The Kier molecular flexibility index (Phi) is 5.45. The Balaban J connectivity index is 1.68. The molecule has 2 heterocycles. The predicted molar refractivity (Wildman–Crippen MR) is 112 cm³/mol. The van der Waals surface area contributed by atoms with E-state index >= 15 is 0 Å². The molecular weight excluding hydrogens is 390 g/mol. The Morgan fingerprint density at radius 2 is 1.90 bits per heavy atom. The van der Waals surface area contributed by atoms with Crippen molar-refractivity contribution >= 4 is 34.1 Å². The molecule has 1 aliphatic carbocycles. The third-order valence-electron chi connectivity index (χ3n) is 5.31. The minimum Gasteiger partial charge on any atom is -0.365 e. The number of halogens is 2. The molecule has 1 saturated carbocycles. The Hall–Kier alpha value is -3.33. The van der Waals surface area contributed by atoms with Crippen molar-refractivity contribution in [1.29, 1.82) is 0 Å². The zero-order chi connectivity index (χ0) is 21.3. The average Bonchev–Trinajstić information content (AvgIpc) is 2.72. The lowest BCUT2D eigenvalue weighted by atomic mass is 9.91. The number of nitrogens with zero attached hydrogens (tertiary/aromatic N) is 2. The average molecular weight is 412 g/mol. The molecule has 0 aliphatic heterocycles. The lowest BCUT2D eigenvalue weighted by molar-refractivity contribution is 0.100. The van der Waals surface area contributed by atoms with Crippen molar-refractivity contribution in [3.8, 4) is 0 Å². The van der Waals surface area contributed by atoms with Crippen molar-refractivity contribution in [2.45, 2.75) is 37.8 Å². The SMILES string of the molecule is NC(=O)c1cc(F)c(N[C@@H]2CCCC[C@@H]2N)nc1Nc1cnc2c(F)cccc2c1. The maximum atomic E-state index is 14.6. The molecule has 1 aliphatic rings. The van der Waals surface area contributed by atoms with E-state index in [1.807, 2.05) is 0 Å². The molecule has 1 fully saturated rings. The van der Waals surface area contributed by atoms with Gasteiger partial charge in [0.25, 0.3) is 5.91 Å². The number of amides is 1. The van der Waals surface area contributed by atoms with E-state index in [9.17, 15) is 13.6 Å². The first kappa shape index (κ1) is 20.0. The molecule has 9 heteroatoms. The fourth-order valence-electron chi connectivity index (χ4n) is 3.72. The number of anilines is 3. The molecule has 6 N–H and O–H groups in total. The van der Waals surface area contributed by atoms with Crippen LogP contribution in [0.15, 0.2) is 36.5 Å². The number of fused-ring (bicyclic) bond motifs is 1. The van der Waals surface area contributed by atoms with Gasteiger partial charge < -0.3 is 22.1 Å². The molecule has 2 aromatic heterocycles. The molecular formula is C21H22F2N6O. The Morgan fingerprint density at radius 1 is 1.10 bits per heavy atom. The summed E-state index contributed by atoms with van der Waals surface area (Å²) in [5.74, 6) is -1.89. The fraction of sp³-hybridized carbons (Fsp3) is 0.286. The zero-order valence-electron chi connectivity index (χ0n) is 16.2. The van der Waals surface area contributed by atoms with Crippen molar-refractivity contribution in [3.63, 3.8) is 0 Å². The van der Waals surface area contributed by atoms with Gasteiger partial charge in [-0.25, -0.2) is 13.8 Å². The normalized spacial score (nSPS) is 18.9. The minimum atomic E-state index is -0.829. The molecule has 1 aromatic carbocycles. The van der Waals surface area contributed by atoms with Crippen LogP contribution in [0.2, 0.25) is 0 Å². The number of aromatic nitrogens is 2. The lowest BCUT2D eigenvalue weighted by Gasteiger charge is -2.30. The number of nitrogens with one attached hydrogen (secondary N) is 2. The van der Waals surface area contributed by atoms with E-state index < -0.39 is 17.5 Å². The summed E-state index contributed by atoms with van der Waals surface area (Å²) in [6, 6.07) is 7.09. The Bertz CT molecular complexity index is 1110. The first-order chi connectivity index (χ1) is 14.4. The largest absolute Gasteiger partial charge is 0.365 e. The minimum absolute atomic E-state index is 0.00959. The molecule has 30 heavy (non-hydrogen) atoms. The number of pyridine rings is 2. The van der Waals surface area contributed by atoms with Gasteiger partial charge in [-0.3, -0.25) is 9.78 Å². The van der Waals surface area contributed by atoms with Crippen molar-refractivity contribution in [1.82, 2.24) is 9.97 Å². The van der Waals surface area contributed by atoms with Gasteiger partial charge in [-0.2, -0.15) is 0 Å². The lowest BCUT2D eigenvalue weighted by Crippen LogP contribution is -2.43. The second-order valence-corrected chi connectivity index (χ2v) is 7.44. The molecule has 156 valence electrons. The van der Waals surface area contributed by atoms with Crippen LogP contribution in [-0.4, -0.2) is 28.0 Å². The smallest absolute Gasteiger partial charge is 0.252 e. The molecule has 0 spiro atoms. The third-order valence-corrected chi connectivity index (χ3v) is 5.31. The van der Waals surface area contributed by atoms with E-state index in [0.717, 1.165) is 31.7 Å². The van der Waals surface area contributed by atoms with Crippen LogP contribution in [0.1, 0.15) is 36.0 Å². The molecule has 1 amide bonds. The summed E-state index contributed by atoms with van der Waals surface area (Å²) in [7, 11) is 0. The van der Waals surface area contributed by atoms with Crippen LogP contribution in [0.4, 0.5) is 26.1 Å². The van der Waals surface area contributed by atoms with Gasteiger partial charge in [0.2, 0.25) is 0 Å². The first-order valence-corrected chi connectivity index (χ1v) is 9.76. The number of rotatable bonds is 5. The molecule has 0 saturated heterocycles. The zero-order valence-corrected chi connectivity index (χ0v) is 16.2. The fourth-order valence-corrected chi connectivity index (χ4v) is 3.72. The second-order valence-electron chi connectivity index (χ2n) is 7.44. The highest BCUT2D eigenvalue weighted by Gasteiger charge is 2.24. The van der Waals surface area contributed by atoms with E-state index in [4.69, 9.17) is 11.5 Å². The van der Waals surface area contributed by atoms with Gasteiger partial charge in [-0.05, 0) is 31.0 Å². The van der Waals surface area contributed by atoms with Gasteiger partial charge >= 0.3 is 0 Å². The van der Waals surface area contributed by atoms with Crippen molar-refractivity contribution < 1.29 is 13.6 Å². The number of carbonyl (C=O) groups excluding carboxylic acids is 1.